The molecule has 0 aliphatic heterocycles. The van der Waals surface area contributed by atoms with Gasteiger partial charge in [-0.05, 0) is 30.2 Å². The molecule has 0 fully saturated rings. The Morgan fingerprint density at radius 3 is 2.38 bits per heavy atom. The lowest BCUT2D eigenvalue weighted by atomic mass is 9.85. The number of aliphatic hydroxyl groups is 1. The zero-order valence-corrected chi connectivity index (χ0v) is 14.6. The number of hydrogen-bond acceptors (Lipinski definition) is 5. The van der Waals surface area contributed by atoms with Gasteiger partial charge in [-0.1, -0.05) is 44.2 Å². The van der Waals surface area contributed by atoms with Gasteiger partial charge in [0.25, 0.3) is 0 Å². The molecule has 0 bridgehead atoms. The maximum absolute atomic E-state index is 12.2. The number of phenols is 1. The second-order valence-corrected chi connectivity index (χ2v) is 7.99. The Morgan fingerprint density at radius 1 is 1.08 bits per heavy atom. The molecule has 0 aliphatic rings. The lowest BCUT2D eigenvalue weighted by Crippen LogP contribution is -2.22. The van der Waals surface area contributed by atoms with Crippen LogP contribution in [0, 0.1) is 0 Å². The van der Waals surface area contributed by atoms with Gasteiger partial charge in [-0.2, -0.15) is 8.42 Å². The summed E-state index contributed by atoms with van der Waals surface area (Å²) in [5, 5.41) is 19.4. The highest BCUT2D eigenvalue weighted by atomic mass is 32.2. The summed E-state index contributed by atoms with van der Waals surface area (Å²) in [4.78, 5) is 0. The zero-order chi connectivity index (χ0) is 17.8. The van der Waals surface area contributed by atoms with Crippen LogP contribution in [0.25, 0.3) is 0 Å². The topological polar surface area (TPSA) is 83.8 Å². The van der Waals surface area contributed by atoms with Gasteiger partial charge < -0.3 is 14.4 Å². The van der Waals surface area contributed by atoms with Crippen molar-refractivity contribution < 1.29 is 22.8 Å². The minimum atomic E-state index is -3.76. The van der Waals surface area contributed by atoms with E-state index in [0.29, 0.717) is 12.0 Å². The second-order valence-electron chi connectivity index (χ2n) is 6.30. The summed E-state index contributed by atoms with van der Waals surface area (Å²) in [5.74, 6) is -0.0307. The number of hydrogen-bond donors (Lipinski definition) is 2. The minimum Gasteiger partial charge on any atom is -0.508 e. The molecule has 0 radical (unpaired) electrons. The summed E-state index contributed by atoms with van der Waals surface area (Å²) in [6, 6.07) is 13.5. The molecule has 0 saturated heterocycles. The van der Waals surface area contributed by atoms with Crippen LogP contribution in [0.2, 0.25) is 0 Å². The zero-order valence-electron chi connectivity index (χ0n) is 13.8. The molecule has 24 heavy (non-hydrogen) atoms. The van der Waals surface area contributed by atoms with Crippen LogP contribution in [-0.4, -0.2) is 31.0 Å². The van der Waals surface area contributed by atoms with Crippen molar-refractivity contribution in [3.8, 4) is 11.5 Å². The first-order valence-corrected chi connectivity index (χ1v) is 9.22. The van der Waals surface area contributed by atoms with Gasteiger partial charge in [0.15, 0.2) is 0 Å². The quantitative estimate of drug-likeness (QED) is 0.750. The first-order chi connectivity index (χ1) is 11.2. The summed E-state index contributed by atoms with van der Waals surface area (Å²) >= 11 is 0. The highest BCUT2D eigenvalue weighted by molar-refractivity contribution is 7.87. The molecule has 0 aromatic heterocycles. The van der Waals surface area contributed by atoms with Crippen molar-refractivity contribution in [1.82, 2.24) is 0 Å². The van der Waals surface area contributed by atoms with E-state index in [1.807, 2.05) is 30.3 Å². The lowest BCUT2D eigenvalue weighted by molar-refractivity contribution is 0.215. The Balaban J connectivity index is 2.13. The first kappa shape index (κ1) is 18.3. The number of aromatic hydroxyl groups is 1. The predicted octanol–water partition coefficient (Wildman–Crippen LogP) is 2.61. The summed E-state index contributed by atoms with van der Waals surface area (Å²) in [5.41, 5.74) is 0.635. The van der Waals surface area contributed by atoms with E-state index < -0.39 is 15.5 Å². The van der Waals surface area contributed by atoms with Crippen LogP contribution in [0.3, 0.4) is 0 Å². The van der Waals surface area contributed by atoms with Gasteiger partial charge in [-0.25, -0.2) is 0 Å². The molecule has 0 heterocycles. The summed E-state index contributed by atoms with van der Waals surface area (Å²) in [6.45, 7) is 3.30. The molecule has 0 unspecified atom stereocenters. The molecule has 130 valence electrons. The normalized spacial score (nSPS) is 12.1. The minimum absolute atomic E-state index is 0.0110. The average Bonchev–Trinajstić information content (AvgIpc) is 2.55. The monoisotopic (exact) mass is 350 g/mol. The number of phenolic OH excluding ortho intramolecular Hbond substituents is 1. The van der Waals surface area contributed by atoms with Gasteiger partial charge in [0.05, 0.1) is 12.4 Å². The van der Waals surface area contributed by atoms with E-state index in [4.69, 9.17) is 4.18 Å². The number of aryl methyl sites for hydroxylation is 1. The molecule has 0 atom stereocenters. The fraction of sp³-hybridized carbons (Fsp3) is 0.333. The van der Waals surface area contributed by atoms with Gasteiger partial charge >= 0.3 is 10.1 Å². The van der Waals surface area contributed by atoms with Crippen molar-refractivity contribution in [2.24, 2.45) is 0 Å². The molecule has 0 amide bonds. The largest absolute Gasteiger partial charge is 0.508 e. The molecular weight excluding hydrogens is 328 g/mol. The third-order valence-corrected chi connectivity index (χ3v) is 4.95. The number of aliphatic hydroxyl groups excluding tert-OH is 1. The maximum Gasteiger partial charge on any atom is 0.309 e. The molecule has 5 nitrogen and oxygen atoms in total. The standard InChI is InChI=1S/C18H22O5S/c1-18(2,13-19)16-12-15(8-9-17(16)20)23-24(21,22)11-10-14-6-4-3-5-7-14/h3-9,12,19-20H,10-11,13H2,1-2H3. The third kappa shape index (κ3) is 4.72. The molecule has 0 saturated carbocycles. The van der Waals surface area contributed by atoms with Gasteiger partial charge in [-0.3, -0.25) is 0 Å². The smallest absolute Gasteiger partial charge is 0.309 e. The van der Waals surface area contributed by atoms with E-state index in [9.17, 15) is 18.6 Å². The summed E-state index contributed by atoms with van der Waals surface area (Å²) in [7, 11) is -3.76. The van der Waals surface area contributed by atoms with E-state index in [1.165, 1.54) is 18.2 Å². The fourth-order valence-electron chi connectivity index (χ4n) is 2.27. The Labute approximate surface area is 142 Å². The van der Waals surface area contributed by atoms with Crippen molar-refractivity contribution in [3.05, 3.63) is 59.7 Å². The molecule has 2 aromatic carbocycles. The highest BCUT2D eigenvalue weighted by Crippen LogP contribution is 2.34. The van der Waals surface area contributed by atoms with Crippen LogP contribution in [0.5, 0.6) is 11.5 Å². The molecular formula is C18H22O5S. The van der Waals surface area contributed by atoms with Crippen LogP contribution in [0.1, 0.15) is 25.0 Å². The van der Waals surface area contributed by atoms with E-state index in [0.717, 1.165) is 5.56 Å². The summed E-state index contributed by atoms with van der Waals surface area (Å²) in [6.07, 6.45) is 0.357. The van der Waals surface area contributed by atoms with Crippen molar-refractivity contribution in [2.45, 2.75) is 25.7 Å². The molecule has 0 spiro atoms. The van der Waals surface area contributed by atoms with E-state index in [-0.39, 0.29) is 23.9 Å². The third-order valence-electron chi connectivity index (χ3n) is 3.80. The Bertz CT molecular complexity index is 782. The van der Waals surface area contributed by atoms with Crippen LogP contribution in [0.4, 0.5) is 0 Å². The fourth-order valence-corrected chi connectivity index (χ4v) is 3.24. The predicted molar refractivity (Wildman–Crippen MR) is 92.8 cm³/mol. The van der Waals surface area contributed by atoms with E-state index in [1.54, 1.807) is 13.8 Å². The van der Waals surface area contributed by atoms with Crippen LogP contribution < -0.4 is 4.18 Å². The lowest BCUT2D eigenvalue weighted by Gasteiger charge is -2.23. The number of benzene rings is 2. The van der Waals surface area contributed by atoms with Crippen LogP contribution in [0.15, 0.2) is 48.5 Å². The summed E-state index contributed by atoms with van der Waals surface area (Å²) < 4.78 is 29.4. The van der Waals surface area contributed by atoms with Crippen molar-refractivity contribution in [1.29, 1.82) is 0 Å². The molecule has 2 N–H and O–H groups in total. The van der Waals surface area contributed by atoms with Gasteiger partial charge in [0.2, 0.25) is 0 Å². The molecule has 0 aliphatic carbocycles. The molecule has 6 heteroatoms. The van der Waals surface area contributed by atoms with Crippen molar-refractivity contribution >= 4 is 10.1 Å². The van der Waals surface area contributed by atoms with Gasteiger partial charge in [-0.15, -0.1) is 0 Å². The number of rotatable bonds is 7. The SMILES string of the molecule is CC(C)(CO)c1cc(OS(=O)(=O)CCc2ccccc2)ccc1O. The van der Waals surface area contributed by atoms with Gasteiger partial charge in [0, 0.05) is 11.0 Å². The Kier molecular flexibility index (Phi) is 5.51. The van der Waals surface area contributed by atoms with Crippen LogP contribution >= 0.6 is 0 Å². The average molecular weight is 350 g/mol. The molecule has 2 aromatic rings. The second kappa shape index (κ2) is 7.23. The highest BCUT2D eigenvalue weighted by Gasteiger charge is 2.24. The first-order valence-electron chi connectivity index (χ1n) is 7.64. The maximum atomic E-state index is 12.2. The Hall–Kier alpha value is -2.05. The van der Waals surface area contributed by atoms with Crippen molar-refractivity contribution in [3.63, 3.8) is 0 Å². The van der Waals surface area contributed by atoms with E-state index >= 15 is 0 Å². The molecule has 2 rings (SSSR count). The Morgan fingerprint density at radius 2 is 1.75 bits per heavy atom. The van der Waals surface area contributed by atoms with Crippen LogP contribution in [-0.2, 0) is 22.0 Å². The van der Waals surface area contributed by atoms with E-state index in [2.05, 4.69) is 0 Å². The van der Waals surface area contributed by atoms with Crippen molar-refractivity contribution in [2.75, 3.05) is 12.4 Å². The van der Waals surface area contributed by atoms with Gasteiger partial charge in [0.1, 0.15) is 11.5 Å².